The Kier molecular flexibility index (Phi) is 6.80. The molecule has 0 radical (unpaired) electrons. The fourth-order valence-corrected chi connectivity index (χ4v) is 3.56. The van der Waals surface area contributed by atoms with E-state index in [-0.39, 0.29) is 35.2 Å². The Morgan fingerprint density at radius 2 is 1.73 bits per heavy atom. The van der Waals surface area contributed by atoms with E-state index in [4.69, 9.17) is 0 Å². The van der Waals surface area contributed by atoms with Gasteiger partial charge < -0.3 is 9.88 Å². The van der Waals surface area contributed by atoms with Crippen molar-refractivity contribution in [3.05, 3.63) is 57.0 Å². The fraction of sp³-hybridized carbons (Fsp3) is 0.455. The number of amides is 1. The molecule has 0 saturated heterocycles. The number of carbonyl (C=O) groups excluding carboxylic acids is 1. The van der Waals surface area contributed by atoms with Gasteiger partial charge in [-0.05, 0) is 30.0 Å². The van der Waals surface area contributed by atoms with Crippen LogP contribution in [0.25, 0.3) is 11.2 Å². The molecule has 11 heteroatoms. The van der Waals surface area contributed by atoms with Crippen molar-refractivity contribution in [2.45, 2.75) is 53.5 Å². The lowest BCUT2D eigenvalue weighted by Crippen LogP contribution is -2.43. The Hall–Kier alpha value is -3.37. The molecule has 1 amide bonds. The van der Waals surface area contributed by atoms with E-state index in [9.17, 15) is 27.6 Å². The maximum Gasteiger partial charge on any atom is 0.416 e. The maximum atomic E-state index is 13.2. The van der Waals surface area contributed by atoms with Crippen LogP contribution in [0.3, 0.4) is 0 Å². The molecule has 0 aliphatic heterocycles. The first-order chi connectivity index (χ1) is 15.4. The number of rotatable bonds is 7. The number of aromatic nitrogens is 4. The number of benzene rings is 1. The van der Waals surface area contributed by atoms with Gasteiger partial charge in [0.25, 0.3) is 5.56 Å². The molecule has 2 heterocycles. The van der Waals surface area contributed by atoms with Crippen LogP contribution in [0.1, 0.15) is 33.3 Å². The highest BCUT2D eigenvalue weighted by Gasteiger charge is 2.30. The van der Waals surface area contributed by atoms with E-state index in [0.717, 1.165) is 22.8 Å². The molecule has 0 fully saturated rings. The first-order valence-corrected chi connectivity index (χ1v) is 10.5. The predicted molar refractivity (Wildman–Crippen MR) is 118 cm³/mol. The van der Waals surface area contributed by atoms with Crippen molar-refractivity contribution < 1.29 is 18.0 Å². The minimum atomic E-state index is -4.57. The molecular weight excluding hydrogens is 439 g/mol. The standard InChI is InChI=1S/C22H26F3N5O3/c1-13(2)9-28-12-26-19-18(28)20(32)30(21(33)29(19)10-14(3)4)11-17(31)27-16-7-5-6-15(8-16)22(23,24)25/h5-8,12-14H,9-11H2,1-4H3,(H,27,31). The van der Waals surface area contributed by atoms with E-state index < -0.39 is 35.4 Å². The zero-order valence-electron chi connectivity index (χ0n) is 18.8. The molecule has 3 aromatic rings. The molecule has 3 rings (SSSR count). The van der Waals surface area contributed by atoms with Crippen LogP contribution >= 0.6 is 0 Å². The van der Waals surface area contributed by atoms with Crippen molar-refractivity contribution >= 4 is 22.8 Å². The van der Waals surface area contributed by atoms with E-state index in [1.54, 1.807) is 4.57 Å². The van der Waals surface area contributed by atoms with Gasteiger partial charge in [-0.15, -0.1) is 0 Å². The largest absolute Gasteiger partial charge is 0.416 e. The summed E-state index contributed by atoms with van der Waals surface area (Å²) in [6, 6.07) is 4.14. The minimum Gasteiger partial charge on any atom is -0.325 e. The van der Waals surface area contributed by atoms with Gasteiger partial charge >= 0.3 is 11.9 Å². The molecule has 0 bridgehead atoms. The van der Waals surface area contributed by atoms with Crippen LogP contribution in [0.4, 0.5) is 18.9 Å². The number of anilines is 1. The van der Waals surface area contributed by atoms with Crippen LogP contribution < -0.4 is 16.6 Å². The van der Waals surface area contributed by atoms with E-state index in [2.05, 4.69) is 10.3 Å². The summed E-state index contributed by atoms with van der Waals surface area (Å²) in [6.07, 6.45) is -3.07. The molecule has 0 spiro atoms. The summed E-state index contributed by atoms with van der Waals surface area (Å²) in [5.41, 5.74) is -1.93. The van der Waals surface area contributed by atoms with Crippen molar-refractivity contribution in [2.24, 2.45) is 11.8 Å². The molecule has 1 aromatic carbocycles. The third kappa shape index (κ3) is 5.35. The molecule has 1 N–H and O–H groups in total. The monoisotopic (exact) mass is 465 g/mol. The summed E-state index contributed by atoms with van der Waals surface area (Å²) in [6.45, 7) is 7.87. The summed E-state index contributed by atoms with van der Waals surface area (Å²) in [5, 5.41) is 2.34. The average Bonchev–Trinajstić information content (AvgIpc) is 3.10. The first-order valence-electron chi connectivity index (χ1n) is 10.5. The van der Waals surface area contributed by atoms with Gasteiger partial charge in [0.2, 0.25) is 5.91 Å². The van der Waals surface area contributed by atoms with Crippen molar-refractivity contribution in [3.8, 4) is 0 Å². The second-order valence-electron chi connectivity index (χ2n) is 8.77. The van der Waals surface area contributed by atoms with Gasteiger partial charge in [0.1, 0.15) is 6.54 Å². The topological polar surface area (TPSA) is 90.9 Å². The predicted octanol–water partition coefficient (Wildman–Crippen LogP) is 3.33. The van der Waals surface area contributed by atoms with Crippen LogP contribution in [0, 0.1) is 11.8 Å². The van der Waals surface area contributed by atoms with Gasteiger partial charge in [0.15, 0.2) is 11.2 Å². The van der Waals surface area contributed by atoms with Crippen LogP contribution in [0.5, 0.6) is 0 Å². The second kappa shape index (κ2) is 9.24. The van der Waals surface area contributed by atoms with Gasteiger partial charge in [0.05, 0.1) is 11.9 Å². The number of fused-ring (bicyclic) bond motifs is 1. The van der Waals surface area contributed by atoms with Gasteiger partial charge in [-0.1, -0.05) is 33.8 Å². The Morgan fingerprint density at radius 1 is 1.06 bits per heavy atom. The molecule has 178 valence electrons. The van der Waals surface area contributed by atoms with E-state index in [1.165, 1.54) is 17.0 Å². The summed E-state index contributed by atoms with van der Waals surface area (Å²) in [4.78, 5) is 43.1. The number of alkyl halides is 3. The summed E-state index contributed by atoms with van der Waals surface area (Å²) in [7, 11) is 0. The molecule has 2 aromatic heterocycles. The highest BCUT2D eigenvalue weighted by atomic mass is 19.4. The zero-order valence-corrected chi connectivity index (χ0v) is 18.8. The number of nitrogens with zero attached hydrogens (tertiary/aromatic N) is 4. The molecule has 0 saturated carbocycles. The molecule has 0 aliphatic rings. The van der Waals surface area contributed by atoms with Crippen LogP contribution in [-0.2, 0) is 30.6 Å². The smallest absolute Gasteiger partial charge is 0.325 e. The zero-order chi connectivity index (χ0) is 24.5. The SMILES string of the molecule is CC(C)Cn1cnc2c1c(=O)n(CC(=O)Nc1cccc(C(F)(F)F)c1)c(=O)n2CC(C)C. The minimum absolute atomic E-state index is 0.0611. The number of hydrogen-bond donors (Lipinski definition) is 1. The second-order valence-corrected chi connectivity index (χ2v) is 8.77. The highest BCUT2D eigenvalue weighted by molar-refractivity contribution is 5.90. The molecule has 0 unspecified atom stereocenters. The molecule has 0 aliphatic carbocycles. The Bertz CT molecular complexity index is 1290. The molecule has 8 nitrogen and oxygen atoms in total. The van der Waals surface area contributed by atoms with Gasteiger partial charge in [-0.25, -0.2) is 14.3 Å². The molecular formula is C22H26F3N5O3. The maximum absolute atomic E-state index is 13.2. The highest BCUT2D eigenvalue weighted by Crippen LogP contribution is 2.30. The quantitative estimate of drug-likeness (QED) is 0.580. The number of hydrogen-bond acceptors (Lipinski definition) is 4. The van der Waals surface area contributed by atoms with Crippen LogP contribution in [-0.4, -0.2) is 24.6 Å². The van der Waals surface area contributed by atoms with Crippen molar-refractivity contribution in [1.29, 1.82) is 0 Å². The third-order valence-corrected chi connectivity index (χ3v) is 4.87. The van der Waals surface area contributed by atoms with Crippen molar-refractivity contribution in [2.75, 3.05) is 5.32 Å². The van der Waals surface area contributed by atoms with Crippen LogP contribution in [0.2, 0.25) is 0 Å². The Morgan fingerprint density at radius 3 is 2.33 bits per heavy atom. The number of halogens is 3. The Balaban J connectivity index is 2.02. The van der Waals surface area contributed by atoms with Crippen molar-refractivity contribution in [1.82, 2.24) is 18.7 Å². The van der Waals surface area contributed by atoms with Gasteiger partial charge in [-0.3, -0.25) is 14.2 Å². The average molecular weight is 465 g/mol. The number of imidazole rings is 1. The number of carbonyl (C=O) groups is 1. The molecule has 0 atom stereocenters. The van der Waals surface area contributed by atoms with E-state index in [1.807, 2.05) is 27.7 Å². The van der Waals surface area contributed by atoms with Crippen LogP contribution in [0.15, 0.2) is 40.2 Å². The summed E-state index contributed by atoms with van der Waals surface area (Å²) in [5.74, 6) is -0.533. The normalized spacial score (nSPS) is 12.2. The summed E-state index contributed by atoms with van der Waals surface area (Å²) < 4.78 is 42.6. The summed E-state index contributed by atoms with van der Waals surface area (Å²) >= 11 is 0. The van der Waals surface area contributed by atoms with Gasteiger partial charge in [-0.2, -0.15) is 13.2 Å². The third-order valence-electron chi connectivity index (χ3n) is 4.87. The Labute approximate surface area is 187 Å². The first kappa shape index (κ1) is 24.3. The lowest BCUT2D eigenvalue weighted by molar-refractivity contribution is -0.137. The van der Waals surface area contributed by atoms with E-state index >= 15 is 0 Å². The fourth-order valence-electron chi connectivity index (χ4n) is 3.56. The lowest BCUT2D eigenvalue weighted by Gasteiger charge is -2.15. The molecule has 33 heavy (non-hydrogen) atoms. The lowest BCUT2D eigenvalue weighted by atomic mass is 10.2. The number of nitrogens with one attached hydrogen (secondary N) is 1. The van der Waals surface area contributed by atoms with Crippen molar-refractivity contribution in [3.63, 3.8) is 0 Å². The van der Waals surface area contributed by atoms with Gasteiger partial charge in [0, 0.05) is 18.8 Å². The van der Waals surface area contributed by atoms with E-state index in [0.29, 0.717) is 6.54 Å².